The summed E-state index contributed by atoms with van der Waals surface area (Å²) in [6.07, 6.45) is -0.762. The topological polar surface area (TPSA) is 183 Å². The van der Waals surface area contributed by atoms with Gasteiger partial charge < -0.3 is 44.8 Å². The Hall–Kier alpha value is -1.70. The molecule has 0 amide bonds. The summed E-state index contributed by atoms with van der Waals surface area (Å²) >= 11 is 0. The predicted molar refractivity (Wildman–Crippen MR) is 159 cm³/mol. The van der Waals surface area contributed by atoms with E-state index in [0.29, 0.717) is 18.8 Å². The third kappa shape index (κ3) is 5.08. The van der Waals surface area contributed by atoms with Crippen LogP contribution in [0.5, 0.6) is 0 Å². The molecule has 0 unspecified atom stereocenters. The summed E-state index contributed by atoms with van der Waals surface area (Å²) in [6.45, 7) is 7.01. The smallest absolute Gasteiger partial charge is 0.336 e. The zero-order valence-corrected chi connectivity index (χ0v) is 26.7. The molecule has 0 aromatic carbocycles. The van der Waals surface area contributed by atoms with E-state index in [-0.39, 0.29) is 47.6 Å². The first-order valence-corrected chi connectivity index (χ1v) is 16.6. The van der Waals surface area contributed by atoms with Crippen molar-refractivity contribution < 1.29 is 54.4 Å². The highest BCUT2D eigenvalue weighted by molar-refractivity contribution is 5.91. The molecule has 14 atom stereocenters. The first-order valence-electron chi connectivity index (χ1n) is 16.6. The molecule has 4 fully saturated rings. The summed E-state index contributed by atoms with van der Waals surface area (Å²) in [7, 11) is 0. The number of allylic oxidation sites excluding steroid dienone is 1. The molecule has 11 heteroatoms. The van der Waals surface area contributed by atoms with Crippen molar-refractivity contribution in [2.45, 2.75) is 128 Å². The van der Waals surface area contributed by atoms with Crippen molar-refractivity contribution in [3.05, 3.63) is 22.8 Å². The molecular weight excluding hydrogens is 584 g/mol. The van der Waals surface area contributed by atoms with E-state index in [1.165, 1.54) is 0 Å². The van der Waals surface area contributed by atoms with Gasteiger partial charge in [-0.2, -0.15) is 0 Å². The SMILES string of the molecule is CC1=C(CO)C(=O)O[C@@H]([C@](C)(O)[C@H]2CC[C@H]3[C@@H]4CC=C5C[C@@H](O[C@@H]6O[C@H](CO)[C@@H](O)[C@H](O)[C@H]6O)CC(=O)[C@]5(C)[C@H]4CC[C@]23C)C1. The van der Waals surface area contributed by atoms with Crippen LogP contribution in [0.15, 0.2) is 22.8 Å². The molecule has 1 saturated heterocycles. The average molecular weight is 635 g/mol. The van der Waals surface area contributed by atoms with Gasteiger partial charge in [-0.15, -0.1) is 0 Å². The third-order valence-corrected chi connectivity index (χ3v) is 13.1. The minimum atomic E-state index is -1.55. The van der Waals surface area contributed by atoms with Crippen molar-refractivity contribution in [3.63, 3.8) is 0 Å². The summed E-state index contributed by atoms with van der Waals surface area (Å²) in [5.74, 6) is 0.130. The van der Waals surface area contributed by atoms with Gasteiger partial charge in [0.2, 0.25) is 0 Å². The van der Waals surface area contributed by atoms with Crippen LogP contribution in [0.2, 0.25) is 0 Å². The number of cyclic esters (lactones) is 1. The van der Waals surface area contributed by atoms with E-state index in [1.54, 1.807) is 6.92 Å². The molecule has 0 spiro atoms. The molecule has 11 nitrogen and oxygen atoms in total. The summed E-state index contributed by atoms with van der Waals surface area (Å²) in [6, 6.07) is 0. The zero-order chi connectivity index (χ0) is 32.6. The van der Waals surface area contributed by atoms with Crippen molar-refractivity contribution in [3.8, 4) is 0 Å². The average Bonchev–Trinajstić information content (AvgIpc) is 3.36. The maximum Gasteiger partial charge on any atom is 0.336 e. The molecule has 0 radical (unpaired) electrons. The van der Waals surface area contributed by atoms with Gasteiger partial charge in [0.05, 0.1) is 30.3 Å². The molecular formula is C34H50O11. The van der Waals surface area contributed by atoms with Crippen LogP contribution in [0.4, 0.5) is 0 Å². The monoisotopic (exact) mass is 634 g/mol. The van der Waals surface area contributed by atoms with Gasteiger partial charge in [-0.05, 0) is 88.4 Å². The van der Waals surface area contributed by atoms with Gasteiger partial charge in [0.15, 0.2) is 6.29 Å². The number of aliphatic hydroxyl groups excluding tert-OH is 5. The Morgan fingerprint density at radius 3 is 2.40 bits per heavy atom. The quantitative estimate of drug-likeness (QED) is 0.183. The number of Topliss-reactive ketones (excluding diaryl/α,β-unsaturated/α-hetero) is 1. The second-order valence-electron chi connectivity index (χ2n) is 15.2. The van der Waals surface area contributed by atoms with E-state index in [2.05, 4.69) is 19.9 Å². The van der Waals surface area contributed by atoms with Crippen LogP contribution in [0, 0.1) is 34.5 Å². The number of hydrogen-bond donors (Lipinski definition) is 6. The Kier molecular flexibility index (Phi) is 8.69. The molecule has 0 aromatic rings. The molecule has 3 saturated carbocycles. The van der Waals surface area contributed by atoms with E-state index in [1.807, 2.05) is 6.92 Å². The fourth-order valence-electron chi connectivity index (χ4n) is 10.5. The standard InChI is InChI=1S/C34H50O11/c1-16-11-26(45-30(41)20(16)14-35)34(4,42)24-8-7-21-19-6-5-17-12-18(43-31-29(40)28(39)27(38)23(15-36)44-31)13-25(37)33(17,3)22(19)9-10-32(21,24)2/h5,18-19,21-24,26-29,31,35-36,38-40,42H,6-15H2,1-4H3/t18-,19+,21+,22+,23-,24+,26-,27-,28+,29-,31-,32+,33+,34-/m1/s1. The van der Waals surface area contributed by atoms with Crippen LogP contribution < -0.4 is 0 Å². The van der Waals surface area contributed by atoms with Crippen molar-refractivity contribution in [2.75, 3.05) is 13.2 Å². The largest absolute Gasteiger partial charge is 0.456 e. The molecule has 0 bridgehead atoms. The first-order chi connectivity index (χ1) is 21.2. The highest BCUT2D eigenvalue weighted by atomic mass is 16.7. The fourth-order valence-corrected chi connectivity index (χ4v) is 10.5. The number of carbonyl (C=O) groups is 2. The van der Waals surface area contributed by atoms with Crippen LogP contribution in [0.3, 0.4) is 0 Å². The summed E-state index contributed by atoms with van der Waals surface area (Å²) in [4.78, 5) is 26.6. The lowest BCUT2D eigenvalue weighted by Crippen LogP contribution is -2.60. The molecule has 252 valence electrons. The molecule has 45 heavy (non-hydrogen) atoms. The number of aliphatic hydroxyl groups is 6. The molecule has 6 N–H and O–H groups in total. The Morgan fingerprint density at radius 2 is 1.73 bits per heavy atom. The zero-order valence-electron chi connectivity index (χ0n) is 26.7. The predicted octanol–water partition coefficient (Wildman–Crippen LogP) is 1.30. The Morgan fingerprint density at radius 1 is 1.00 bits per heavy atom. The van der Waals surface area contributed by atoms with Crippen LogP contribution >= 0.6 is 0 Å². The van der Waals surface area contributed by atoms with E-state index < -0.39 is 66.5 Å². The van der Waals surface area contributed by atoms with Gasteiger partial charge in [0.1, 0.15) is 41.9 Å². The highest BCUT2D eigenvalue weighted by Gasteiger charge is 2.64. The maximum atomic E-state index is 14.0. The van der Waals surface area contributed by atoms with Gasteiger partial charge >= 0.3 is 5.97 Å². The van der Waals surface area contributed by atoms with E-state index in [0.717, 1.165) is 43.3 Å². The summed E-state index contributed by atoms with van der Waals surface area (Å²) in [5.41, 5.74) is -0.0413. The number of carbonyl (C=O) groups excluding carboxylic acids is 2. The van der Waals surface area contributed by atoms with Crippen molar-refractivity contribution in [1.82, 2.24) is 0 Å². The molecule has 0 aromatic heterocycles. The van der Waals surface area contributed by atoms with Crippen LogP contribution in [0.1, 0.15) is 79.1 Å². The summed E-state index contributed by atoms with van der Waals surface area (Å²) in [5, 5.41) is 62.0. The van der Waals surface area contributed by atoms with Gasteiger partial charge in [0.25, 0.3) is 0 Å². The van der Waals surface area contributed by atoms with Gasteiger partial charge in [-0.1, -0.05) is 24.1 Å². The number of fused-ring (bicyclic) bond motifs is 5. The van der Waals surface area contributed by atoms with Gasteiger partial charge in [0, 0.05) is 12.8 Å². The minimum absolute atomic E-state index is 0.0745. The molecule has 6 aliphatic rings. The van der Waals surface area contributed by atoms with Crippen LogP contribution in [0.25, 0.3) is 0 Å². The minimum Gasteiger partial charge on any atom is -0.456 e. The highest BCUT2D eigenvalue weighted by Crippen LogP contribution is 2.67. The number of hydrogen-bond acceptors (Lipinski definition) is 11. The lowest BCUT2D eigenvalue weighted by molar-refractivity contribution is -0.311. The fraction of sp³-hybridized carbons (Fsp3) is 0.824. The van der Waals surface area contributed by atoms with E-state index in [4.69, 9.17) is 14.2 Å². The van der Waals surface area contributed by atoms with Crippen molar-refractivity contribution >= 4 is 11.8 Å². The maximum absolute atomic E-state index is 14.0. The Bertz CT molecular complexity index is 1260. The van der Waals surface area contributed by atoms with Gasteiger partial charge in [-0.25, -0.2) is 4.79 Å². The first kappa shape index (κ1) is 33.2. The van der Waals surface area contributed by atoms with Gasteiger partial charge in [-0.3, -0.25) is 4.79 Å². The number of esters is 1. The van der Waals surface area contributed by atoms with E-state index >= 15 is 0 Å². The van der Waals surface area contributed by atoms with Crippen LogP contribution in [-0.2, 0) is 23.8 Å². The third-order valence-electron chi connectivity index (χ3n) is 13.1. The summed E-state index contributed by atoms with van der Waals surface area (Å²) < 4.78 is 17.3. The molecule has 6 rings (SSSR count). The lowest BCUT2D eigenvalue weighted by Gasteiger charge is -2.58. The normalized spacial score (nSPS) is 48.1. The lowest BCUT2D eigenvalue weighted by atomic mass is 9.46. The van der Waals surface area contributed by atoms with Crippen LogP contribution in [-0.4, -0.2) is 104 Å². The molecule has 4 aliphatic carbocycles. The second-order valence-corrected chi connectivity index (χ2v) is 15.2. The van der Waals surface area contributed by atoms with Crippen molar-refractivity contribution in [2.24, 2.45) is 34.5 Å². The number of ether oxygens (including phenoxy) is 3. The Labute approximate surface area is 264 Å². The second kappa shape index (κ2) is 11.8. The van der Waals surface area contributed by atoms with Crippen molar-refractivity contribution in [1.29, 1.82) is 0 Å². The molecule has 2 aliphatic heterocycles. The Balaban J connectivity index is 1.19. The number of rotatable bonds is 6. The van der Waals surface area contributed by atoms with E-state index in [9.17, 15) is 40.2 Å². The number of ketones is 1. The molecule has 2 heterocycles.